The lowest BCUT2D eigenvalue weighted by molar-refractivity contribution is 0.452. The fourth-order valence-corrected chi connectivity index (χ4v) is 3.73. The third-order valence-electron chi connectivity index (χ3n) is 2.83. The van der Waals surface area contributed by atoms with E-state index in [2.05, 4.69) is 0 Å². The lowest BCUT2D eigenvalue weighted by Gasteiger charge is -2.23. The highest BCUT2D eigenvalue weighted by molar-refractivity contribution is 7.92. The van der Waals surface area contributed by atoms with Crippen LogP contribution >= 0.6 is 12.2 Å². The number of thiocarbonyl (C=S) groups is 1. The fourth-order valence-electron chi connectivity index (χ4n) is 1.73. The standard InChI is InChI=1S/C12H17FN2O2S2/c1-3-11(12(14)18)19(16,17)15(2)8-9-6-4-5-7-10(9)13/h4-7,11H,3,8H2,1-2H3,(H2,14,18). The second kappa shape index (κ2) is 6.40. The number of hydrogen-bond donors (Lipinski definition) is 1. The highest BCUT2D eigenvalue weighted by Crippen LogP contribution is 2.16. The molecule has 0 amide bonds. The van der Waals surface area contributed by atoms with E-state index in [-0.39, 0.29) is 11.5 Å². The van der Waals surface area contributed by atoms with Crippen molar-refractivity contribution in [2.75, 3.05) is 7.05 Å². The molecule has 0 aliphatic rings. The van der Waals surface area contributed by atoms with Gasteiger partial charge in [-0.3, -0.25) is 0 Å². The second-order valence-electron chi connectivity index (χ2n) is 4.19. The van der Waals surface area contributed by atoms with E-state index in [1.807, 2.05) is 0 Å². The van der Waals surface area contributed by atoms with Crippen molar-refractivity contribution >= 4 is 27.2 Å². The average molecular weight is 304 g/mol. The summed E-state index contributed by atoms with van der Waals surface area (Å²) in [7, 11) is -2.27. The van der Waals surface area contributed by atoms with Gasteiger partial charge in [0.15, 0.2) is 0 Å². The molecule has 0 saturated heterocycles. The normalized spacial score (nSPS) is 13.5. The van der Waals surface area contributed by atoms with Gasteiger partial charge in [-0.1, -0.05) is 37.3 Å². The molecule has 7 heteroatoms. The van der Waals surface area contributed by atoms with Gasteiger partial charge in [0.2, 0.25) is 10.0 Å². The lowest BCUT2D eigenvalue weighted by atomic mass is 10.2. The van der Waals surface area contributed by atoms with Crippen LogP contribution in [0.5, 0.6) is 0 Å². The smallest absolute Gasteiger partial charge is 0.223 e. The molecule has 19 heavy (non-hydrogen) atoms. The van der Waals surface area contributed by atoms with E-state index < -0.39 is 21.1 Å². The van der Waals surface area contributed by atoms with Crippen LogP contribution in [0.2, 0.25) is 0 Å². The number of nitrogens with two attached hydrogens (primary N) is 1. The number of hydrogen-bond acceptors (Lipinski definition) is 3. The molecular formula is C12H17FN2O2S2. The highest BCUT2D eigenvalue weighted by Gasteiger charge is 2.30. The Morgan fingerprint density at radius 2 is 2.05 bits per heavy atom. The molecule has 2 N–H and O–H groups in total. The summed E-state index contributed by atoms with van der Waals surface area (Å²) in [6, 6.07) is 6.05. The lowest BCUT2D eigenvalue weighted by Crippen LogP contribution is -2.42. The van der Waals surface area contributed by atoms with Crippen LogP contribution in [0.4, 0.5) is 4.39 Å². The van der Waals surface area contributed by atoms with E-state index in [0.717, 1.165) is 4.31 Å². The van der Waals surface area contributed by atoms with E-state index >= 15 is 0 Å². The van der Waals surface area contributed by atoms with Crippen molar-refractivity contribution in [2.24, 2.45) is 5.73 Å². The molecule has 0 bridgehead atoms. The van der Waals surface area contributed by atoms with Crippen molar-refractivity contribution in [3.63, 3.8) is 0 Å². The zero-order valence-electron chi connectivity index (χ0n) is 10.8. The van der Waals surface area contributed by atoms with Gasteiger partial charge in [0, 0.05) is 19.2 Å². The van der Waals surface area contributed by atoms with Gasteiger partial charge < -0.3 is 5.73 Å². The van der Waals surface area contributed by atoms with Crippen LogP contribution in [-0.2, 0) is 16.6 Å². The van der Waals surface area contributed by atoms with Crippen molar-refractivity contribution in [3.8, 4) is 0 Å². The first kappa shape index (κ1) is 16.0. The Morgan fingerprint density at radius 3 is 2.53 bits per heavy atom. The van der Waals surface area contributed by atoms with Crippen molar-refractivity contribution < 1.29 is 12.8 Å². The minimum absolute atomic E-state index is 0.0475. The molecule has 0 aliphatic carbocycles. The van der Waals surface area contributed by atoms with Gasteiger partial charge in [0.05, 0.1) is 4.99 Å². The average Bonchev–Trinajstić information content (AvgIpc) is 2.31. The number of halogens is 1. The topological polar surface area (TPSA) is 63.4 Å². The molecule has 0 heterocycles. The van der Waals surface area contributed by atoms with E-state index in [1.54, 1.807) is 25.1 Å². The third-order valence-corrected chi connectivity index (χ3v) is 5.57. The molecule has 0 spiro atoms. The van der Waals surface area contributed by atoms with Gasteiger partial charge >= 0.3 is 0 Å². The molecule has 0 radical (unpaired) electrons. The summed E-state index contributed by atoms with van der Waals surface area (Å²) in [6.45, 7) is 1.65. The Balaban J connectivity index is 2.97. The van der Waals surface area contributed by atoms with Crippen molar-refractivity contribution in [2.45, 2.75) is 25.1 Å². The van der Waals surface area contributed by atoms with Crippen LogP contribution in [-0.4, -0.2) is 30.0 Å². The maximum atomic E-state index is 13.5. The fraction of sp³-hybridized carbons (Fsp3) is 0.417. The molecule has 4 nitrogen and oxygen atoms in total. The van der Waals surface area contributed by atoms with Crippen LogP contribution in [0.25, 0.3) is 0 Å². The monoisotopic (exact) mass is 304 g/mol. The molecule has 1 aromatic rings. The Kier molecular flexibility index (Phi) is 5.39. The first-order valence-corrected chi connectivity index (χ1v) is 7.69. The van der Waals surface area contributed by atoms with Crippen LogP contribution < -0.4 is 5.73 Å². The molecule has 1 aromatic carbocycles. The Hall–Kier alpha value is -1.05. The summed E-state index contributed by atoms with van der Waals surface area (Å²) in [4.78, 5) is -0.0668. The van der Waals surface area contributed by atoms with Gasteiger partial charge in [-0.05, 0) is 12.5 Å². The Morgan fingerprint density at radius 1 is 1.47 bits per heavy atom. The maximum absolute atomic E-state index is 13.5. The summed E-state index contributed by atoms with van der Waals surface area (Å²) < 4.78 is 39.1. The van der Waals surface area contributed by atoms with E-state index in [9.17, 15) is 12.8 Å². The van der Waals surface area contributed by atoms with Crippen LogP contribution in [0.15, 0.2) is 24.3 Å². The van der Waals surface area contributed by atoms with Gasteiger partial charge in [-0.15, -0.1) is 0 Å². The zero-order valence-corrected chi connectivity index (χ0v) is 12.5. The molecule has 1 rings (SSSR count). The van der Waals surface area contributed by atoms with Crippen molar-refractivity contribution in [1.29, 1.82) is 0 Å². The Labute approximate surface area is 118 Å². The second-order valence-corrected chi connectivity index (χ2v) is 6.89. The number of nitrogens with zero attached hydrogens (tertiary/aromatic N) is 1. The summed E-state index contributed by atoms with van der Waals surface area (Å²) >= 11 is 4.77. The van der Waals surface area contributed by atoms with Crippen molar-refractivity contribution in [1.82, 2.24) is 4.31 Å². The zero-order chi connectivity index (χ0) is 14.6. The van der Waals surface area contributed by atoms with E-state index in [0.29, 0.717) is 12.0 Å². The van der Waals surface area contributed by atoms with Crippen LogP contribution in [0.3, 0.4) is 0 Å². The van der Waals surface area contributed by atoms with Gasteiger partial charge in [-0.2, -0.15) is 4.31 Å². The molecule has 0 fully saturated rings. The maximum Gasteiger partial charge on any atom is 0.223 e. The molecule has 0 aliphatic heterocycles. The first-order chi connectivity index (χ1) is 8.80. The summed E-state index contributed by atoms with van der Waals surface area (Å²) in [5.41, 5.74) is 5.76. The van der Waals surface area contributed by atoms with Gasteiger partial charge in [0.25, 0.3) is 0 Å². The molecule has 0 aromatic heterocycles. The van der Waals surface area contributed by atoms with E-state index in [1.165, 1.54) is 13.1 Å². The van der Waals surface area contributed by atoms with Gasteiger partial charge in [0.1, 0.15) is 11.1 Å². The van der Waals surface area contributed by atoms with Crippen LogP contribution in [0, 0.1) is 5.82 Å². The quantitative estimate of drug-likeness (QED) is 0.812. The number of benzene rings is 1. The third kappa shape index (κ3) is 3.71. The first-order valence-electron chi connectivity index (χ1n) is 5.78. The van der Waals surface area contributed by atoms with Crippen LogP contribution in [0.1, 0.15) is 18.9 Å². The summed E-state index contributed by atoms with van der Waals surface area (Å²) in [5.74, 6) is -0.437. The Bertz CT molecular complexity index is 561. The largest absolute Gasteiger partial charge is 0.392 e. The predicted octanol–water partition coefficient (Wildman–Crippen LogP) is 1.65. The minimum Gasteiger partial charge on any atom is -0.392 e. The summed E-state index contributed by atoms with van der Waals surface area (Å²) in [5, 5.41) is -0.917. The molecule has 106 valence electrons. The molecular weight excluding hydrogens is 287 g/mol. The minimum atomic E-state index is -3.66. The number of rotatable bonds is 6. The summed E-state index contributed by atoms with van der Waals surface area (Å²) in [6.07, 6.45) is 0.291. The predicted molar refractivity (Wildman–Crippen MR) is 77.7 cm³/mol. The molecule has 0 saturated carbocycles. The highest BCUT2D eigenvalue weighted by atomic mass is 32.2. The molecule has 1 unspecified atom stereocenters. The van der Waals surface area contributed by atoms with E-state index in [4.69, 9.17) is 18.0 Å². The molecule has 1 atom stereocenters. The SMILES string of the molecule is CCC(C(N)=S)S(=O)(=O)N(C)Cc1ccccc1F. The van der Waals surface area contributed by atoms with Gasteiger partial charge in [-0.25, -0.2) is 12.8 Å². The van der Waals surface area contributed by atoms with Crippen molar-refractivity contribution in [3.05, 3.63) is 35.6 Å². The number of sulfonamides is 1.